The van der Waals surface area contributed by atoms with E-state index in [1.165, 1.54) is 18.4 Å². The molecule has 2 atom stereocenters. The summed E-state index contributed by atoms with van der Waals surface area (Å²) in [6, 6.07) is 4.88. The third-order valence-electron chi connectivity index (χ3n) is 3.94. The standard InChI is InChI=1S/C15H21ClN2O4S/c1-10-5-4-6-12(16)14(10)15(19)17-13-8-22-7-11(13)9-23(20,21)18(2)3/h4-6,11,13H,7-9H2,1-3H3,(H,17,19). The smallest absolute Gasteiger partial charge is 0.253 e. The Labute approximate surface area is 141 Å². The summed E-state index contributed by atoms with van der Waals surface area (Å²) >= 11 is 6.10. The fourth-order valence-corrected chi connectivity index (χ4v) is 3.98. The highest BCUT2D eigenvalue weighted by molar-refractivity contribution is 7.89. The predicted octanol–water partition coefficient (Wildman–Crippen LogP) is 1.28. The van der Waals surface area contributed by atoms with Gasteiger partial charge in [0.05, 0.1) is 35.6 Å². The van der Waals surface area contributed by atoms with Gasteiger partial charge in [-0.25, -0.2) is 12.7 Å². The summed E-state index contributed by atoms with van der Waals surface area (Å²) < 4.78 is 30.6. The number of benzene rings is 1. The van der Waals surface area contributed by atoms with Crippen molar-refractivity contribution in [1.82, 2.24) is 9.62 Å². The average Bonchev–Trinajstić information content (AvgIpc) is 2.84. The number of ether oxygens (including phenoxy) is 1. The van der Waals surface area contributed by atoms with E-state index in [0.717, 1.165) is 5.56 Å². The number of aryl methyl sites for hydroxylation is 1. The second-order valence-corrected chi connectivity index (χ2v) is 8.50. The molecular weight excluding hydrogens is 340 g/mol. The SMILES string of the molecule is Cc1cccc(Cl)c1C(=O)NC1COCC1CS(=O)(=O)N(C)C. The molecule has 1 aliphatic heterocycles. The normalized spacial score (nSPS) is 21.6. The zero-order valence-corrected chi connectivity index (χ0v) is 14.9. The van der Waals surface area contributed by atoms with Crippen LogP contribution < -0.4 is 5.32 Å². The molecule has 0 bridgehead atoms. The van der Waals surface area contributed by atoms with Crippen molar-refractivity contribution in [1.29, 1.82) is 0 Å². The second kappa shape index (κ2) is 7.17. The Morgan fingerprint density at radius 2 is 2.09 bits per heavy atom. The van der Waals surface area contributed by atoms with Gasteiger partial charge < -0.3 is 10.1 Å². The molecule has 1 saturated heterocycles. The number of amides is 1. The molecule has 1 fully saturated rings. The van der Waals surface area contributed by atoms with Crippen molar-refractivity contribution in [2.75, 3.05) is 33.1 Å². The van der Waals surface area contributed by atoms with Gasteiger partial charge in [0.1, 0.15) is 0 Å². The molecule has 2 rings (SSSR count). The zero-order chi connectivity index (χ0) is 17.2. The maximum absolute atomic E-state index is 12.5. The van der Waals surface area contributed by atoms with Gasteiger partial charge in [0, 0.05) is 20.0 Å². The van der Waals surface area contributed by atoms with Crippen LogP contribution >= 0.6 is 11.6 Å². The zero-order valence-electron chi connectivity index (χ0n) is 13.4. The molecule has 1 amide bonds. The van der Waals surface area contributed by atoms with E-state index in [9.17, 15) is 13.2 Å². The Morgan fingerprint density at radius 1 is 1.39 bits per heavy atom. The first-order valence-corrected chi connectivity index (χ1v) is 9.25. The molecular formula is C15H21ClN2O4S. The first-order chi connectivity index (χ1) is 10.7. The molecule has 1 heterocycles. The van der Waals surface area contributed by atoms with Gasteiger partial charge in [-0.3, -0.25) is 4.79 Å². The summed E-state index contributed by atoms with van der Waals surface area (Å²) in [5.41, 5.74) is 1.18. The Kier molecular flexibility index (Phi) is 5.67. The van der Waals surface area contributed by atoms with E-state index in [1.54, 1.807) is 25.1 Å². The molecule has 0 radical (unpaired) electrons. The maximum Gasteiger partial charge on any atom is 0.253 e. The lowest BCUT2D eigenvalue weighted by Gasteiger charge is -2.21. The summed E-state index contributed by atoms with van der Waals surface area (Å²) in [6.07, 6.45) is 0. The minimum Gasteiger partial charge on any atom is -0.379 e. The van der Waals surface area contributed by atoms with Crippen LogP contribution in [-0.2, 0) is 14.8 Å². The number of nitrogens with zero attached hydrogens (tertiary/aromatic N) is 1. The van der Waals surface area contributed by atoms with Crippen molar-refractivity contribution in [3.8, 4) is 0 Å². The van der Waals surface area contributed by atoms with Gasteiger partial charge >= 0.3 is 0 Å². The highest BCUT2D eigenvalue weighted by Gasteiger charge is 2.34. The Balaban J connectivity index is 2.11. The first-order valence-electron chi connectivity index (χ1n) is 7.26. The van der Waals surface area contributed by atoms with Crippen LogP contribution in [0.5, 0.6) is 0 Å². The van der Waals surface area contributed by atoms with Crippen LogP contribution in [0.15, 0.2) is 18.2 Å². The molecule has 0 spiro atoms. The second-order valence-electron chi connectivity index (χ2n) is 5.87. The van der Waals surface area contributed by atoms with E-state index >= 15 is 0 Å². The lowest BCUT2D eigenvalue weighted by molar-refractivity contribution is 0.0925. The molecule has 0 saturated carbocycles. The minimum atomic E-state index is -3.36. The highest BCUT2D eigenvalue weighted by atomic mass is 35.5. The third-order valence-corrected chi connectivity index (χ3v) is 6.22. The molecule has 8 heteroatoms. The molecule has 6 nitrogen and oxygen atoms in total. The number of carbonyl (C=O) groups is 1. The molecule has 0 aliphatic carbocycles. The topological polar surface area (TPSA) is 75.7 Å². The van der Waals surface area contributed by atoms with Crippen molar-refractivity contribution in [2.45, 2.75) is 13.0 Å². The van der Waals surface area contributed by atoms with E-state index in [-0.39, 0.29) is 23.6 Å². The monoisotopic (exact) mass is 360 g/mol. The fourth-order valence-electron chi connectivity index (χ4n) is 2.50. The van der Waals surface area contributed by atoms with Crippen LogP contribution in [0.3, 0.4) is 0 Å². The van der Waals surface area contributed by atoms with Gasteiger partial charge in [-0.2, -0.15) is 0 Å². The van der Waals surface area contributed by atoms with Crippen LogP contribution in [-0.4, -0.2) is 57.7 Å². The van der Waals surface area contributed by atoms with Gasteiger partial charge in [-0.1, -0.05) is 23.7 Å². The van der Waals surface area contributed by atoms with E-state index in [0.29, 0.717) is 23.8 Å². The Bertz CT molecular complexity index is 670. The van der Waals surface area contributed by atoms with Gasteiger partial charge in [0.15, 0.2) is 0 Å². The third kappa shape index (κ3) is 4.23. The van der Waals surface area contributed by atoms with Gasteiger partial charge in [0.2, 0.25) is 10.0 Å². The van der Waals surface area contributed by atoms with Crippen LogP contribution in [0.2, 0.25) is 5.02 Å². The molecule has 1 N–H and O–H groups in total. The van der Waals surface area contributed by atoms with E-state index in [1.807, 2.05) is 0 Å². The predicted molar refractivity (Wildman–Crippen MR) is 89.2 cm³/mol. The molecule has 1 aromatic rings. The van der Waals surface area contributed by atoms with Crippen molar-refractivity contribution in [3.05, 3.63) is 34.3 Å². The lowest BCUT2D eigenvalue weighted by Crippen LogP contribution is -2.43. The van der Waals surface area contributed by atoms with E-state index in [4.69, 9.17) is 16.3 Å². The first kappa shape index (κ1) is 18.2. The number of nitrogens with one attached hydrogen (secondary N) is 1. The largest absolute Gasteiger partial charge is 0.379 e. The molecule has 1 aromatic carbocycles. The van der Waals surface area contributed by atoms with Crippen molar-refractivity contribution < 1.29 is 17.9 Å². The maximum atomic E-state index is 12.5. The van der Waals surface area contributed by atoms with Gasteiger partial charge in [-0.15, -0.1) is 0 Å². The van der Waals surface area contributed by atoms with Gasteiger partial charge in [0.25, 0.3) is 5.91 Å². The Morgan fingerprint density at radius 3 is 2.70 bits per heavy atom. The van der Waals surface area contributed by atoms with E-state index < -0.39 is 10.0 Å². The highest BCUT2D eigenvalue weighted by Crippen LogP contribution is 2.22. The number of hydrogen-bond acceptors (Lipinski definition) is 4. The van der Waals surface area contributed by atoms with Crippen molar-refractivity contribution in [3.63, 3.8) is 0 Å². The molecule has 128 valence electrons. The summed E-state index contributed by atoms with van der Waals surface area (Å²) in [5.74, 6) is -0.656. The van der Waals surface area contributed by atoms with Crippen molar-refractivity contribution in [2.24, 2.45) is 5.92 Å². The minimum absolute atomic E-state index is 0.0630. The lowest BCUT2D eigenvalue weighted by atomic mass is 10.0. The molecule has 0 aromatic heterocycles. The summed E-state index contributed by atoms with van der Waals surface area (Å²) in [4.78, 5) is 12.5. The molecule has 1 aliphatic rings. The fraction of sp³-hybridized carbons (Fsp3) is 0.533. The summed E-state index contributed by atoms with van der Waals surface area (Å²) in [7, 11) is -0.372. The summed E-state index contributed by atoms with van der Waals surface area (Å²) in [5, 5.41) is 3.23. The van der Waals surface area contributed by atoms with Crippen molar-refractivity contribution >= 4 is 27.5 Å². The average molecular weight is 361 g/mol. The van der Waals surface area contributed by atoms with Crippen LogP contribution in [0.1, 0.15) is 15.9 Å². The molecule has 2 unspecified atom stereocenters. The van der Waals surface area contributed by atoms with Gasteiger partial charge in [-0.05, 0) is 18.6 Å². The van der Waals surface area contributed by atoms with E-state index in [2.05, 4.69) is 5.32 Å². The van der Waals surface area contributed by atoms with Crippen LogP contribution in [0.4, 0.5) is 0 Å². The number of sulfonamides is 1. The van der Waals surface area contributed by atoms with Crippen LogP contribution in [0, 0.1) is 12.8 Å². The number of hydrogen-bond donors (Lipinski definition) is 1. The van der Waals surface area contributed by atoms with Crippen LogP contribution in [0.25, 0.3) is 0 Å². The quantitative estimate of drug-likeness (QED) is 0.858. The molecule has 23 heavy (non-hydrogen) atoms. The number of halogens is 1. The Hall–Kier alpha value is -1.15. The number of carbonyl (C=O) groups excluding carboxylic acids is 1. The summed E-state index contributed by atoms with van der Waals surface area (Å²) in [6.45, 7) is 2.41. The number of rotatable bonds is 5.